The van der Waals surface area contributed by atoms with Crippen LogP contribution in [-0.4, -0.2) is 27.3 Å². The van der Waals surface area contributed by atoms with E-state index in [1.807, 2.05) is 42.2 Å². The summed E-state index contributed by atoms with van der Waals surface area (Å²) >= 11 is 0. The Morgan fingerprint density at radius 1 is 1.04 bits per heavy atom. The van der Waals surface area contributed by atoms with E-state index < -0.39 is 6.61 Å². The van der Waals surface area contributed by atoms with Gasteiger partial charge in [0.2, 0.25) is 0 Å². The maximum absolute atomic E-state index is 11.5. The fraction of sp³-hybridized carbons (Fsp3) is 0.130. The van der Waals surface area contributed by atoms with Gasteiger partial charge >= 0.3 is 0 Å². The molecule has 0 radical (unpaired) electrons. The summed E-state index contributed by atoms with van der Waals surface area (Å²) in [6.45, 7) is 0.188. The summed E-state index contributed by atoms with van der Waals surface area (Å²) in [5.74, 6) is -0.266. The predicted octanol–water partition coefficient (Wildman–Crippen LogP) is 4.03. The number of aliphatic hydroxyl groups excluding tert-OH is 1. The highest BCUT2D eigenvalue weighted by molar-refractivity contribution is 5.96. The molecule has 0 aliphatic rings. The first kappa shape index (κ1) is 17.9. The van der Waals surface area contributed by atoms with Crippen molar-refractivity contribution in [2.45, 2.75) is 6.54 Å². The minimum Gasteiger partial charge on any atom is -0.388 e. The van der Waals surface area contributed by atoms with Gasteiger partial charge in [-0.3, -0.25) is 9.48 Å². The lowest BCUT2D eigenvalue weighted by Gasteiger charge is -2.10. The Labute approximate surface area is 163 Å². The van der Waals surface area contributed by atoms with Gasteiger partial charge in [-0.1, -0.05) is 42.5 Å². The molecule has 0 aliphatic heterocycles. The molecule has 28 heavy (non-hydrogen) atoms. The van der Waals surface area contributed by atoms with Crippen LogP contribution in [0.2, 0.25) is 0 Å². The molecule has 5 heteroatoms. The van der Waals surface area contributed by atoms with Crippen LogP contribution in [0.1, 0.15) is 15.9 Å². The lowest BCUT2D eigenvalue weighted by atomic mass is 10.0. The number of nitrogens with one attached hydrogen (secondary N) is 1. The molecule has 0 aliphatic carbocycles. The molecule has 0 fully saturated rings. The van der Waals surface area contributed by atoms with E-state index in [1.54, 1.807) is 12.1 Å². The molecule has 0 amide bonds. The van der Waals surface area contributed by atoms with E-state index in [-0.39, 0.29) is 5.78 Å². The standard InChI is InChI=1S/C23H21N3O2/c1-26-22-10-9-19(11-20(22)14-25-26)18-3-2-4-21(12-18)24-13-16-5-7-17(8-6-16)23(28)15-27/h2-12,14,24,27H,13,15H2,1H3. The topological polar surface area (TPSA) is 67.2 Å². The number of aromatic nitrogens is 2. The third kappa shape index (κ3) is 3.66. The van der Waals surface area contributed by atoms with Gasteiger partial charge < -0.3 is 10.4 Å². The third-order valence-corrected chi connectivity index (χ3v) is 4.86. The quantitative estimate of drug-likeness (QED) is 0.502. The van der Waals surface area contributed by atoms with Crippen LogP contribution in [0.5, 0.6) is 0 Å². The smallest absolute Gasteiger partial charge is 0.188 e. The van der Waals surface area contributed by atoms with Gasteiger partial charge in [0.05, 0.1) is 11.7 Å². The zero-order chi connectivity index (χ0) is 19.5. The largest absolute Gasteiger partial charge is 0.388 e. The van der Waals surface area contributed by atoms with Crippen LogP contribution in [0, 0.1) is 0 Å². The van der Waals surface area contributed by atoms with Crippen molar-refractivity contribution in [2.24, 2.45) is 7.05 Å². The molecule has 1 aromatic heterocycles. The molecule has 0 saturated carbocycles. The summed E-state index contributed by atoms with van der Waals surface area (Å²) in [6.07, 6.45) is 1.88. The first-order valence-electron chi connectivity index (χ1n) is 9.13. The molecular weight excluding hydrogens is 350 g/mol. The second kappa shape index (κ2) is 7.66. The predicted molar refractivity (Wildman–Crippen MR) is 111 cm³/mol. The zero-order valence-electron chi connectivity index (χ0n) is 15.6. The van der Waals surface area contributed by atoms with Crippen molar-refractivity contribution in [1.29, 1.82) is 0 Å². The van der Waals surface area contributed by atoms with Crippen molar-refractivity contribution in [3.8, 4) is 11.1 Å². The number of hydrogen-bond donors (Lipinski definition) is 2. The van der Waals surface area contributed by atoms with E-state index in [9.17, 15) is 4.79 Å². The molecule has 0 unspecified atom stereocenters. The molecule has 4 aromatic rings. The number of anilines is 1. The lowest BCUT2D eigenvalue weighted by Crippen LogP contribution is -2.05. The number of benzene rings is 3. The van der Waals surface area contributed by atoms with Gasteiger partial charge in [-0.05, 0) is 41.0 Å². The number of Topliss-reactive ketones (excluding diaryl/α,β-unsaturated/α-hetero) is 1. The van der Waals surface area contributed by atoms with Crippen molar-refractivity contribution in [3.05, 3.63) is 84.1 Å². The van der Waals surface area contributed by atoms with Crippen molar-refractivity contribution in [2.75, 3.05) is 11.9 Å². The van der Waals surface area contributed by atoms with Crippen molar-refractivity contribution >= 4 is 22.4 Å². The summed E-state index contributed by atoms with van der Waals surface area (Å²) < 4.78 is 1.87. The average molecular weight is 371 g/mol. The highest BCUT2D eigenvalue weighted by Gasteiger charge is 2.05. The van der Waals surface area contributed by atoms with Crippen molar-refractivity contribution in [3.63, 3.8) is 0 Å². The zero-order valence-corrected chi connectivity index (χ0v) is 15.6. The van der Waals surface area contributed by atoms with Gasteiger partial charge in [-0.25, -0.2) is 0 Å². The number of ketones is 1. The highest BCUT2D eigenvalue weighted by atomic mass is 16.3. The molecule has 4 rings (SSSR count). The Morgan fingerprint density at radius 3 is 2.61 bits per heavy atom. The van der Waals surface area contributed by atoms with Crippen molar-refractivity contribution in [1.82, 2.24) is 9.78 Å². The van der Waals surface area contributed by atoms with Crippen LogP contribution in [0.3, 0.4) is 0 Å². The third-order valence-electron chi connectivity index (χ3n) is 4.86. The first-order valence-corrected chi connectivity index (χ1v) is 9.13. The van der Waals surface area contributed by atoms with Crippen LogP contribution in [0.15, 0.2) is 72.9 Å². The van der Waals surface area contributed by atoms with E-state index in [0.29, 0.717) is 12.1 Å². The fourth-order valence-electron chi connectivity index (χ4n) is 3.26. The summed E-state index contributed by atoms with van der Waals surface area (Å²) in [5, 5.41) is 17.8. The number of aryl methyl sites for hydroxylation is 1. The van der Waals surface area contributed by atoms with Gasteiger partial charge in [-0.2, -0.15) is 5.10 Å². The molecule has 140 valence electrons. The minimum atomic E-state index is -0.463. The fourth-order valence-corrected chi connectivity index (χ4v) is 3.26. The number of carbonyl (C=O) groups is 1. The molecule has 0 spiro atoms. The maximum atomic E-state index is 11.5. The summed E-state index contributed by atoms with van der Waals surface area (Å²) in [6, 6.07) is 21.9. The monoisotopic (exact) mass is 371 g/mol. The molecule has 2 N–H and O–H groups in total. The number of aliphatic hydroxyl groups is 1. The number of rotatable bonds is 6. The van der Waals surface area contributed by atoms with E-state index in [1.165, 1.54) is 0 Å². The highest BCUT2D eigenvalue weighted by Crippen LogP contribution is 2.26. The van der Waals surface area contributed by atoms with Crippen LogP contribution >= 0.6 is 0 Å². The molecule has 1 heterocycles. The van der Waals surface area contributed by atoms with Gasteiger partial charge in [0.1, 0.15) is 6.61 Å². The Balaban J connectivity index is 1.49. The van der Waals surface area contributed by atoms with Crippen LogP contribution in [0.4, 0.5) is 5.69 Å². The second-order valence-electron chi connectivity index (χ2n) is 6.75. The van der Waals surface area contributed by atoms with E-state index in [0.717, 1.165) is 33.3 Å². The molecule has 0 bridgehead atoms. The Hall–Kier alpha value is -3.44. The number of nitrogens with zero attached hydrogens (tertiary/aromatic N) is 2. The van der Waals surface area contributed by atoms with Crippen LogP contribution in [-0.2, 0) is 13.6 Å². The Kier molecular flexibility index (Phi) is 4.91. The minimum absolute atomic E-state index is 0.266. The molecule has 3 aromatic carbocycles. The molecule has 5 nitrogen and oxygen atoms in total. The van der Waals surface area contributed by atoms with Gasteiger partial charge in [0.15, 0.2) is 5.78 Å². The van der Waals surface area contributed by atoms with Gasteiger partial charge in [0.25, 0.3) is 0 Å². The Bertz CT molecular complexity index is 1130. The van der Waals surface area contributed by atoms with Crippen LogP contribution < -0.4 is 5.32 Å². The van der Waals surface area contributed by atoms with Gasteiger partial charge in [-0.15, -0.1) is 0 Å². The Morgan fingerprint density at radius 2 is 1.82 bits per heavy atom. The normalized spacial score (nSPS) is 10.9. The SMILES string of the molecule is Cn1ncc2cc(-c3cccc(NCc4ccc(C(=O)CO)cc4)c3)ccc21. The number of fused-ring (bicyclic) bond motifs is 1. The number of carbonyl (C=O) groups excluding carboxylic acids is 1. The van der Waals surface area contributed by atoms with Crippen molar-refractivity contribution < 1.29 is 9.90 Å². The van der Waals surface area contributed by atoms with E-state index in [4.69, 9.17) is 5.11 Å². The first-order chi connectivity index (χ1) is 13.6. The second-order valence-corrected chi connectivity index (χ2v) is 6.75. The van der Waals surface area contributed by atoms with E-state index >= 15 is 0 Å². The summed E-state index contributed by atoms with van der Waals surface area (Å²) in [7, 11) is 1.94. The lowest BCUT2D eigenvalue weighted by molar-refractivity contribution is 0.0903. The number of hydrogen-bond acceptors (Lipinski definition) is 4. The summed E-state index contributed by atoms with van der Waals surface area (Å²) in [4.78, 5) is 11.5. The summed E-state index contributed by atoms with van der Waals surface area (Å²) in [5.41, 5.74) is 6.02. The molecular formula is C23H21N3O2. The van der Waals surface area contributed by atoms with Crippen LogP contribution in [0.25, 0.3) is 22.0 Å². The molecule has 0 atom stereocenters. The van der Waals surface area contributed by atoms with Gasteiger partial charge in [0, 0.05) is 30.2 Å². The average Bonchev–Trinajstić information content (AvgIpc) is 3.12. The van der Waals surface area contributed by atoms with E-state index in [2.05, 4.69) is 40.7 Å². The maximum Gasteiger partial charge on any atom is 0.188 e. The molecule has 0 saturated heterocycles.